The van der Waals surface area contributed by atoms with Crippen LogP contribution in [0.3, 0.4) is 0 Å². The second kappa shape index (κ2) is 10.6. The van der Waals surface area contributed by atoms with Gasteiger partial charge in [0.15, 0.2) is 0 Å². The average molecular weight is 490 g/mol. The van der Waals surface area contributed by atoms with Crippen molar-refractivity contribution in [3.8, 4) is 0 Å². The van der Waals surface area contributed by atoms with E-state index >= 15 is 0 Å². The van der Waals surface area contributed by atoms with E-state index in [1.807, 2.05) is 55.4 Å². The van der Waals surface area contributed by atoms with E-state index in [0.717, 1.165) is 16.2 Å². The molecule has 0 fully saturated rings. The Labute approximate surface area is 214 Å². The lowest BCUT2D eigenvalue weighted by Crippen LogP contribution is -2.42. The number of imide groups is 1. The molecule has 0 aromatic heterocycles. The predicted molar refractivity (Wildman–Crippen MR) is 144 cm³/mol. The van der Waals surface area contributed by atoms with Gasteiger partial charge < -0.3 is 10.0 Å². The number of hydrogen-bond acceptors (Lipinski definition) is 4. The van der Waals surface area contributed by atoms with Gasteiger partial charge in [-0.1, -0.05) is 60.7 Å². The Morgan fingerprint density at radius 3 is 2.14 bits per heavy atom. The molecule has 37 heavy (non-hydrogen) atoms. The molecule has 0 spiro atoms. The van der Waals surface area contributed by atoms with E-state index in [1.165, 1.54) is 24.3 Å². The highest BCUT2D eigenvalue weighted by Crippen LogP contribution is 2.36. The number of allylic oxidation sites excluding steroid dienone is 2. The van der Waals surface area contributed by atoms with E-state index in [1.54, 1.807) is 36.4 Å². The standard InChI is InChI=1S/C30H23N3O4/c1-31-27-26(21-9-5-4-6-10-21)25(11-7-8-20-12-16-23(17-13-20)32(2)3)28(34)33(29(27)35)24-18-14-22(15-19-24)30(36)37/h4-19H,2-3H3,(H,36,37)/b8-7?,25-11-. The number of aromatic carboxylic acids is 1. The van der Waals surface area contributed by atoms with Crippen LogP contribution in [0.2, 0.25) is 0 Å². The van der Waals surface area contributed by atoms with Gasteiger partial charge in [-0.25, -0.2) is 9.64 Å². The van der Waals surface area contributed by atoms with Crippen molar-refractivity contribution in [2.75, 3.05) is 23.9 Å². The Kier molecular flexibility index (Phi) is 7.12. The molecule has 3 aromatic rings. The molecule has 0 bridgehead atoms. The van der Waals surface area contributed by atoms with Gasteiger partial charge in [0.2, 0.25) is 0 Å². The molecule has 1 aliphatic rings. The summed E-state index contributed by atoms with van der Waals surface area (Å²) in [5, 5.41) is 9.19. The van der Waals surface area contributed by atoms with Gasteiger partial charge >= 0.3 is 5.97 Å². The van der Waals surface area contributed by atoms with E-state index in [0.29, 0.717) is 5.56 Å². The van der Waals surface area contributed by atoms with Gasteiger partial charge in [0.25, 0.3) is 17.5 Å². The van der Waals surface area contributed by atoms with Crippen molar-refractivity contribution in [1.29, 1.82) is 0 Å². The van der Waals surface area contributed by atoms with Crippen molar-refractivity contribution >= 4 is 40.8 Å². The molecule has 1 N–H and O–H groups in total. The number of rotatable bonds is 6. The molecule has 0 aliphatic carbocycles. The summed E-state index contributed by atoms with van der Waals surface area (Å²) in [5.41, 5.74) is 2.99. The first-order valence-electron chi connectivity index (χ1n) is 11.4. The van der Waals surface area contributed by atoms with Gasteiger partial charge in [0.05, 0.1) is 17.8 Å². The summed E-state index contributed by atoms with van der Waals surface area (Å²) in [6.07, 6.45) is 5.15. The fourth-order valence-electron chi connectivity index (χ4n) is 3.94. The maximum Gasteiger partial charge on any atom is 0.335 e. The first-order chi connectivity index (χ1) is 17.8. The van der Waals surface area contributed by atoms with Crippen molar-refractivity contribution < 1.29 is 19.5 Å². The third kappa shape index (κ3) is 5.09. The van der Waals surface area contributed by atoms with Crippen LogP contribution in [0, 0.1) is 6.57 Å². The zero-order valence-electron chi connectivity index (χ0n) is 20.3. The first kappa shape index (κ1) is 24.9. The molecule has 0 saturated heterocycles. The van der Waals surface area contributed by atoms with Crippen LogP contribution in [0.1, 0.15) is 21.5 Å². The van der Waals surface area contributed by atoms with E-state index in [4.69, 9.17) is 6.57 Å². The smallest absolute Gasteiger partial charge is 0.335 e. The molecule has 7 nitrogen and oxygen atoms in total. The van der Waals surface area contributed by atoms with Crippen LogP contribution in [-0.2, 0) is 9.59 Å². The summed E-state index contributed by atoms with van der Waals surface area (Å²) in [6.45, 7) is 7.75. The summed E-state index contributed by atoms with van der Waals surface area (Å²) in [7, 11) is 3.91. The molecule has 0 atom stereocenters. The van der Waals surface area contributed by atoms with E-state index < -0.39 is 17.8 Å². The summed E-state index contributed by atoms with van der Waals surface area (Å²) in [6, 6.07) is 22.1. The van der Waals surface area contributed by atoms with E-state index in [9.17, 15) is 19.5 Å². The van der Waals surface area contributed by atoms with Crippen LogP contribution in [-0.4, -0.2) is 37.0 Å². The van der Waals surface area contributed by atoms with E-state index in [2.05, 4.69) is 4.85 Å². The fraction of sp³-hybridized carbons (Fsp3) is 0.0667. The monoisotopic (exact) mass is 489 g/mol. The largest absolute Gasteiger partial charge is 0.478 e. The second-order valence-corrected chi connectivity index (χ2v) is 8.42. The number of nitrogens with zero attached hydrogens (tertiary/aromatic N) is 3. The first-order valence-corrected chi connectivity index (χ1v) is 11.4. The summed E-state index contributed by atoms with van der Waals surface area (Å²) < 4.78 is 0. The molecule has 4 rings (SSSR count). The second-order valence-electron chi connectivity index (χ2n) is 8.42. The number of benzene rings is 3. The Hall–Kier alpha value is -5.22. The summed E-state index contributed by atoms with van der Waals surface area (Å²) in [5.74, 6) is -2.49. The quantitative estimate of drug-likeness (QED) is 0.289. The van der Waals surface area contributed by atoms with Crippen molar-refractivity contribution in [3.63, 3.8) is 0 Å². The highest BCUT2D eigenvalue weighted by atomic mass is 16.4. The van der Waals surface area contributed by atoms with Crippen LogP contribution in [0.25, 0.3) is 16.5 Å². The Balaban J connectivity index is 1.82. The van der Waals surface area contributed by atoms with Crippen molar-refractivity contribution in [2.24, 2.45) is 0 Å². The van der Waals surface area contributed by atoms with Gasteiger partial charge in [-0.05, 0) is 47.5 Å². The summed E-state index contributed by atoms with van der Waals surface area (Å²) in [4.78, 5) is 44.7. The summed E-state index contributed by atoms with van der Waals surface area (Å²) >= 11 is 0. The van der Waals surface area contributed by atoms with Crippen LogP contribution < -0.4 is 9.80 Å². The highest BCUT2D eigenvalue weighted by molar-refractivity contribution is 6.36. The normalized spacial score (nSPS) is 14.8. The Morgan fingerprint density at radius 2 is 1.57 bits per heavy atom. The molecule has 2 amide bonds. The van der Waals surface area contributed by atoms with Gasteiger partial charge in [0.1, 0.15) is 0 Å². The number of hydrogen-bond donors (Lipinski definition) is 1. The molecule has 0 saturated carbocycles. The molecule has 182 valence electrons. The minimum absolute atomic E-state index is 0.0190. The van der Waals surface area contributed by atoms with Gasteiger partial charge in [0, 0.05) is 30.9 Å². The zero-order valence-corrected chi connectivity index (χ0v) is 20.3. The van der Waals surface area contributed by atoms with Crippen molar-refractivity contribution in [2.45, 2.75) is 0 Å². The number of carboxylic acid groups (broad SMARTS) is 1. The minimum atomic E-state index is -1.12. The SMILES string of the molecule is [C-]#[N+]C1=C(c2ccccc2)/C(=C/C=Cc2ccc(N(C)C)cc2)C(=O)N(c2ccc(C(=O)O)cc2)C1=O. The number of amides is 2. The number of carbonyl (C=O) groups is 3. The number of anilines is 2. The van der Waals surface area contributed by atoms with Crippen LogP contribution in [0.15, 0.2) is 102 Å². The lowest BCUT2D eigenvalue weighted by atomic mass is 9.90. The molecule has 1 aliphatic heterocycles. The number of carboxylic acids is 1. The van der Waals surface area contributed by atoms with Crippen LogP contribution in [0.5, 0.6) is 0 Å². The zero-order chi connectivity index (χ0) is 26.5. The molecule has 0 radical (unpaired) electrons. The third-order valence-electron chi connectivity index (χ3n) is 5.85. The molecule has 0 unspecified atom stereocenters. The number of carbonyl (C=O) groups excluding carboxylic acids is 2. The Bertz CT molecular complexity index is 1490. The predicted octanol–water partition coefficient (Wildman–Crippen LogP) is 5.29. The molecule has 3 aromatic carbocycles. The van der Waals surface area contributed by atoms with Crippen LogP contribution >= 0.6 is 0 Å². The van der Waals surface area contributed by atoms with E-state index in [-0.39, 0.29) is 28.1 Å². The molecular formula is C30H23N3O4. The van der Waals surface area contributed by atoms with Crippen molar-refractivity contribution in [1.82, 2.24) is 0 Å². The highest BCUT2D eigenvalue weighted by Gasteiger charge is 2.38. The van der Waals surface area contributed by atoms with Crippen molar-refractivity contribution in [3.05, 3.63) is 130 Å². The fourth-order valence-corrected chi connectivity index (χ4v) is 3.94. The topological polar surface area (TPSA) is 82.3 Å². The average Bonchev–Trinajstić information content (AvgIpc) is 2.90. The molecular weight excluding hydrogens is 466 g/mol. The van der Waals surface area contributed by atoms with Crippen LogP contribution in [0.4, 0.5) is 11.4 Å². The maximum atomic E-state index is 13.7. The lowest BCUT2D eigenvalue weighted by Gasteiger charge is -2.29. The lowest BCUT2D eigenvalue weighted by molar-refractivity contribution is -0.122. The third-order valence-corrected chi connectivity index (χ3v) is 5.85. The molecule has 7 heteroatoms. The molecule has 1 heterocycles. The van der Waals surface area contributed by atoms with Gasteiger partial charge in [-0.2, -0.15) is 0 Å². The Morgan fingerprint density at radius 1 is 0.919 bits per heavy atom. The van der Waals surface area contributed by atoms with Gasteiger partial charge in [-0.15, -0.1) is 0 Å². The maximum absolute atomic E-state index is 13.7. The minimum Gasteiger partial charge on any atom is -0.478 e. The van der Waals surface area contributed by atoms with Gasteiger partial charge in [-0.3, -0.25) is 14.5 Å².